The van der Waals surface area contributed by atoms with E-state index >= 15 is 4.39 Å². The molecule has 0 radical (unpaired) electrons. The highest BCUT2D eigenvalue weighted by Crippen LogP contribution is 2.52. The zero-order chi connectivity index (χ0) is 36.4. The van der Waals surface area contributed by atoms with Crippen molar-refractivity contribution in [2.45, 2.75) is 124 Å². The van der Waals surface area contributed by atoms with Crippen molar-refractivity contribution in [2.24, 2.45) is 10.5 Å². The first-order chi connectivity index (χ1) is 23.5. The van der Waals surface area contributed by atoms with Gasteiger partial charge in [-0.15, -0.1) is 0 Å². The average molecular weight is 753 g/mol. The maximum Gasteiger partial charge on any atom is 0.330 e. The van der Waals surface area contributed by atoms with Crippen molar-refractivity contribution in [2.75, 3.05) is 38.1 Å². The highest BCUT2D eigenvalue weighted by atomic mass is 33.1. The molecule has 1 aromatic heterocycles. The Morgan fingerprint density at radius 2 is 1.88 bits per heavy atom. The lowest BCUT2D eigenvalue weighted by Crippen LogP contribution is -2.43. The normalized spacial score (nSPS) is 21.2. The van der Waals surface area contributed by atoms with Crippen LogP contribution in [0.3, 0.4) is 0 Å². The molecule has 0 bridgehead atoms. The van der Waals surface area contributed by atoms with Crippen LogP contribution in [0.15, 0.2) is 27.0 Å². The maximum atomic E-state index is 16.2. The highest BCUT2D eigenvalue weighted by molar-refractivity contribution is 8.76. The second-order valence-corrected chi connectivity index (χ2v) is 16.1. The molecule has 1 saturated heterocycles. The Labute approximate surface area is 297 Å². The second-order valence-electron chi connectivity index (χ2n) is 12.2. The number of hydrogen-bond acceptors (Lipinski definition) is 12. The van der Waals surface area contributed by atoms with E-state index in [2.05, 4.69) is 15.0 Å². The first-order valence-corrected chi connectivity index (χ1v) is 20.6. The predicted molar refractivity (Wildman–Crippen MR) is 193 cm³/mol. The smallest absolute Gasteiger partial charge is 0.330 e. The number of halogens is 1. The monoisotopic (exact) mass is 752 g/mol. The molecule has 0 spiro atoms. The molecule has 49 heavy (non-hydrogen) atoms. The Balaban J connectivity index is 2.16. The zero-order valence-electron chi connectivity index (χ0n) is 29.7. The molecule has 1 aliphatic heterocycles. The van der Waals surface area contributed by atoms with Crippen molar-refractivity contribution in [3.8, 4) is 0 Å². The van der Waals surface area contributed by atoms with Gasteiger partial charge in [-0.3, -0.25) is 19.1 Å². The van der Waals surface area contributed by atoms with E-state index in [1.54, 1.807) is 28.5 Å². The van der Waals surface area contributed by atoms with Crippen molar-refractivity contribution in [1.82, 2.24) is 14.2 Å². The van der Waals surface area contributed by atoms with Crippen molar-refractivity contribution in [3.05, 3.63) is 43.5 Å². The van der Waals surface area contributed by atoms with Crippen LogP contribution < -0.4 is 11.2 Å². The molecule has 14 nitrogen and oxygen atoms in total. The number of rotatable bonds is 25. The van der Waals surface area contributed by atoms with Gasteiger partial charge in [-0.1, -0.05) is 53.4 Å². The third-order valence-electron chi connectivity index (χ3n) is 7.98. The molecule has 0 amide bonds. The maximum absolute atomic E-state index is 16.2. The van der Waals surface area contributed by atoms with Gasteiger partial charge in [0.15, 0.2) is 12.4 Å². The third-order valence-corrected chi connectivity index (χ3v) is 12.2. The molecule has 1 aromatic rings. The number of alkyl halides is 1. The fraction of sp³-hybridized carbons (Fsp3) is 0.839. The minimum absolute atomic E-state index is 0.0569. The van der Waals surface area contributed by atoms with Gasteiger partial charge >= 0.3 is 11.7 Å². The van der Waals surface area contributed by atoms with Gasteiger partial charge in [0, 0.05) is 41.6 Å². The van der Waals surface area contributed by atoms with Crippen LogP contribution in [0.2, 0.25) is 0 Å². The Morgan fingerprint density at radius 1 is 1.16 bits per heavy atom. The Morgan fingerprint density at radius 3 is 2.49 bits per heavy atom. The first kappa shape index (κ1) is 43.5. The fourth-order valence-electron chi connectivity index (χ4n) is 5.31. The lowest BCUT2D eigenvalue weighted by Gasteiger charge is -2.39. The molecule has 0 aliphatic carbocycles. The number of nitrogens with one attached hydrogen (secondary N) is 1. The lowest BCUT2D eigenvalue weighted by atomic mass is 9.87. The third kappa shape index (κ3) is 13.4. The summed E-state index contributed by atoms with van der Waals surface area (Å²) in [5, 5.41) is 3.55. The number of unbranched alkanes of at least 4 members (excludes halogenated alkanes) is 3. The molecule has 0 saturated carbocycles. The molecule has 280 valence electrons. The van der Waals surface area contributed by atoms with E-state index in [1.165, 1.54) is 6.20 Å². The van der Waals surface area contributed by atoms with Gasteiger partial charge in [0.2, 0.25) is 0 Å². The van der Waals surface area contributed by atoms with E-state index in [-0.39, 0.29) is 31.9 Å². The molecular formula is C31H54FN6O8PS2. The number of aromatic amines is 1. The molecular weight excluding hydrogens is 698 g/mol. The van der Waals surface area contributed by atoms with Crippen LogP contribution in [0.4, 0.5) is 4.39 Å². The summed E-state index contributed by atoms with van der Waals surface area (Å²) < 4.78 is 49.7. The van der Waals surface area contributed by atoms with Crippen molar-refractivity contribution in [1.29, 1.82) is 0 Å². The lowest BCUT2D eigenvalue weighted by molar-refractivity contribution is -0.162. The molecule has 1 aliphatic rings. The predicted octanol–water partition coefficient (Wildman–Crippen LogP) is 7.12. The molecule has 0 aromatic carbocycles. The average Bonchev–Trinajstić information content (AvgIpc) is 3.36. The zero-order valence-corrected chi connectivity index (χ0v) is 32.3. The Bertz CT molecular complexity index is 1280. The van der Waals surface area contributed by atoms with Gasteiger partial charge in [-0.05, 0) is 65.8 Å². The molecule has 6 atom stereocenters. The number of ether oxygens (including phenoxy) is 3. The quantitative estimate of drug-likeness (QED) is 0.0158. The van der Waals surface area contributed by atoms with Crippen LogP contribution in [0, 0.1) is 5.41 Å². The second kappa shape index (κ2) is 23.0. The van der Waals surface area contributed by atoms with Gasteiger partial charge < -0.3 is 23.3 Å². The number of aromatic nitrogens is 2. The van der Waals surface area contributed by atoms with Crippen LogP contribution in [0.25, 0.3) is 10.4 Å². The number of esters is 1. The number of carbonyl (C=O) groups excluding carboxylic acids is 1. The molecule has 2 heterocycles. The summed E-state index contributed by atoms with van der Waals surface area (Å²) in [6.45, 7) is 14.1. The minimum Gasteiger partial charge on any atom is -0.465 e. The van der Waals surface area contributed by atoms with Gasteiger partial charge in [0.1, 0.15) is 17.5 Å². The summed E-state index contributed by atoms with van der Waals surface area (Å²) >= 11 is 0. The highest BCUT2D eigenvalue weighted by Gasteiger charge is 2.50. The van der Waals surface area contributed by atoms with Crippen LogP contribution in [-0.2, 0) is 28.1 Å². The van der Waals surface area contributed by atoms with Crippen molar-refractivity contribution < 1.29 is 32.4 Å². The Hall–Kier alpha value is -1.68. The van der Waals surface area contributed by atoms with E-state index in [9.17, 15) is 14.4 Å². The van der Waals surface area contributed by atoms with Crippen LogP contribution >= 0.6 is 30.1 Å². The molecule has 2 rings (SSSR count). The summed E-state index contributed by atoms with van der Waals surface area (Å²) in [4.78, 5) is 42.4. The summed E-state index contributed by atoms with van der Waals surface area (Å²) in [5.41, 5.74) is 5.85. The number of nitrogens with zero attached hydrogens (tertiary/aromatic N) is 5. The van der Waals surface area contributed by atoms with E-state index in [0.717, 1.165) is 42.1 Å². The SMILES string of the molecule is CCOC(=O)C(CC)(COCSSCCCCCCN=[N+]=[N-])COP(OC1[C@@H](CC)O[C@@H](n2ccc(=O)[nH]c2=O)[C@H]1F)N(C(C)C)C(C)C. The molecule has 3 unspecified atom stereocenters. The largest absolute Gasteiger partial charge is 0.465 e. The summed E-state index contributed by atoms with van der Waals surface area (Å²) in [6.07, 6.45) is 1.15. The number of H-pyrrole nitrogens is 1. The van der Waals surface area contributed by atoms with Crippen LogP contribution in [0.1, 0.15) is 93.2 Å². The van der Waals surface area contributed by atoms with Crippen molar-refractivity contribution in [3.63, 3.8) is 0 Å². The Kier molecular flexibility index (Phi) is 20.4. The fourth-order valence-corrected chi connectivity index (χ4v) is 8.96. The van der Waals surface area contributed by atoms with Crippen molar-refractivity contribution >= 4 is 36.1 Å². The van der Waals surface area contributed by atoms with Gasteiger partial charge in [-0.2, -0.15) is 0 Å². The first-order valence-electron chi connectivity index (χ1n) is 16.9. The van der Waals surface area contributed by atoms with Crippen LogP contribution in [0.5, 0.6) is 0 Å². The van der Waals surface area contributed by atoms with Crippen LogP contribution in [-0.4, -0.2) is 88.7 Å². The topological polar surface area (TPSA) is 170 Å². The van der Waals surface area contributed by atoms with Gasteiger partial charge in [0.05, 0.1) is 25.9 Å². The molecule has 1 N–H and O–H groups in total. The number of azide groups is 1. The minimum atomic E-state index is -1.94. The van der Waals surface area contributed by atoms with Gasteiger partial charge in [-0.25, -0.2) is 13.9 Å². The van der Waals surface area contributed by atoms with E-state index < -0.39 is 55.8 Å². The van der Waals surface area contributed by atoms with E-state index in [0.29, 0.717) is 25.3 Å². The molecule has 1 fully saturated rings. The van der Waals surface area contributed by atoms with E-state index in [4.69, 9.17) is 28.8 Å². The molecule has 18 heteroatoms. The standard InChI is InChI=1S/C31H54FN6O8PS2/c1-8-24-27(26(32)28(45-24)37-17-15-25(39)35-30(37)41)46-47(38(22(4)5)23(6)7)44-20-31(9-2,29(40)43-10-3)19-42-21-49-48-18-14-12-11-13-16-34-36-33/h15,17,22-24,26-28H,8-14,16,18-21H2,1-7H3,(H,35,39,41)/t24-,26+,27?,28-,31?,47?/m1/s1. The number of hydrogen-bond donors (Lipinski definition) is 1. The summed E-state index contributed by atoms with van der Waals surface area (Å²) in [5.74, 6) is 0.877. The van der Waals surface area contributed by atoms with Gasteiger partial charge in [0.25, 0.3) is 14.1 Å². The number of carbonyl (C=O) groups is 1. The summed E-state index contributed by atoms with van der Waals surface area (Å²) in [6, 6.07) is 1.02. The summed E-state index contributed by atoms with van der Waals surface area (Å²) in [7, 11) is 1.33. The van der Waals surface area contributed by atoms with E-state index in [1.807, 2.05) is 46.2 Å².